The number of aromatic nitrogens is 3. The Morgan fingerprint density at radius 1 is 1.26 bits per heavy atom. The first kappa shape index (κ1) is 18.1. The average molecular weight is 367 g/mol. The third-order valence-corrected chi connectivity index (χ3v) is 3.75. The molecule has 0 atom stereocenters. The fraction of sp³-hybridized carbons (Fsp3) is 0.176. The van der Waals surface area contributed by atoms with Crippen molar-refractivity contribution >= 4 is 22.9 Å². The van der Waals surface area contributed by atoms with Crippen LogP contribution in [0.3, 0.4) is 0 Å². The van der Waals surface area contributed by atoms with E-state index in [0.717, 1.165) is 5.56 Å². The van der Waals surface area contributed by atoms with Crippen LogP contribution in [-0.4, -0.2) is 26.8 Å². The Morgan fingerprint density at radius 2 is 2.07 bits per heavy atom. The molecule has 0 saturated carbocycles. The van der Waals surface area contributed by atoms with Gasteiger partial charge in [-0.05, 0) is 17.7 Å². The summed E-state index contributed by atoms with van der Waals surface area (Å²) in [5, 5.41) is 23.4. The number of anilines is 1. The first-order valence-corrected chi connectivity index (χ1v) is 7.96. The number of nitrogen functional groups attached to an aromatic ring is 1. The minimum atomic E-state index is -0.472. The van der Waals surface area contributed by atoms with Crippen molar-refractivity contribution in [2.24, 2.45) is 10.2 Å². The van der Waals surface area contributed by atoms with E-state index in [4.69, 9.17) is 10.5 Å². The van der Waals surface area contributed by atoms with Crippen molar-refractivity contribution in [3.63, 3.8) is 0 Å². The second-order valence-corrected chi connectivity index (χ2v) is 5.64. The maximum atomic E-state index is 10.9. The van der Waals surface area contributed by atoms with Gasteiger partial charge in [0.2, 0.25) is 0 Å². The number of azo groups is 1. The van der Waals surface area contributed by atoms with Gasteiger partial charge in [0.05, 0.1) is 30.0 Å². The van der Waals surface area contributed by atoms with Crippen molar-refractivity contribution in [1.82, 2.24) is 14.8 Å². The van der Waals surface area contributed by atoms with Gasteiger partial charge in [0.15, 0.2) is 0 Å². The lowest BCUT2D eigenvalue weighted by atomic mass is 10.1. The Hall–Kier alpha value is -3.66. The minimum absolute atomic E-state index is 0.0372. The van der Waals surface area contributed by atoms with E-state index in [-0.39, 0.29) is 12.3 Å². The molecule has 0 aliphatic carbocycles. The molecule has 0 aliphatic heterocycles. The minimum Gasteiger partial charge on any atom is -0.382 e. The van der Waals surface area contributed by atoms with Gasteiger partial charge in [0, 0.05) is 37.2 Å². The van der Waals surface area contributed by atoms with Crippen LogP contribution in [0.2, 0.25) is 0 Å². The maximum Gasteiger partial charge on any atom is 0.269 e. The molecule has 10 heteroatoms. The van der Waals surface area contributed by atoms with E-state index < -0.39 is 4.92 Å². The Balaban J connectivity index is 1.83. The molecule has 2 aromatic heterocycles. The fourth-order valence-corrected chi connectivity index (χ4v) is 2.41. The van der Waals surface area contributed by atoms with Crippen LogP contribution in [0.4, 0.5) is 22.9 Å². The quantitative estimate of drug-likeness (QED) is 0.386. The predicted molar refractivity (Wildman–Crippen MR) is 98.0 cm³/mol. The summed E-state index contributed by atoms with van der Waals surface area (Å²) in [6.45, 7) is 0.632. The van der Waals surface area contributed by atoms with Crippen molar-refractivity contribution < 1.29 is 9.66 Å². The van der Waals surface area contributed by atoms with E-state index in [1.165, 1.54) is 31.5 Å². The molecule has 0 radical (unpaired) electrons. The summed E-state index contributed by atoms with van der Waals surface area (Å²) in [5.74, 6) is 0.359. The first-order valence-electron chi connectivity index (χ1n) is 7.96. The van der Waals surface area contributed by atoms with Crippen molar-refractivity contribution in [3.8, 4) is 0 Å². The van der Waals surface area contributed by atoms with E-state index in [2.05, 4.69) is 20.3 Å². The van der Waals surface area contributed by atoms with Crippen molar-refractivity contribution in [2.75, 3.05) is 12.8 Å². The van der Waals surface area contributed by atoms with Crippen LogP contribution < -0.4 is 5.73 Å². The zero-order chi connectivity index (χ0) is 19.2. The van der Waals surface area contributed by atoms with Crippen LogP contribution in [0.25, 0.3) is 0 Å². The number of ether oxygens (including phenoxy) is 1. The number of nitrogens with two attached hydrogens (primary N) is 1. The first-order chi connectivity index (χ1) is 13.1. The normalized spacial score (nSPS) is 11.1. The van der Waals surface area contributed by atoms with Gasteiger partial charge in [-0.1, -0.05) is 6.07 Å². The number of non-ortho nitro benzene ring substituents is 1. The molecule has 10 nitrogen and oxygen atoms in total. The highest BCUT2D eigenvalue weighted by atomic mass is 16.6. The fourth-order valence-electron chi connectivity index (χ4n) is 2.41. The van der Waals surface area contributed by atoms with Gasteiger partial charge in [-0.15, -0.1) is 10.2 Å². The molecule has 0 fully saturated rings. The molecule has 0 unspecified atom stereocenters. The summed E-state index contributed by atoms with van der Waals surface area (Å²) >= 11 is 0. The lowest BCUT2D eigenvalue weighted by Gasteiger charge is -2.04. The standard InChI is InChI=1S/C17H17N7O3/c1-27-11-13-7-14(24(25)26)4-5-15(13)21-22-16-9-20-23(17(16)18)10-12-3-2-6-19-8-12/h2-9H,10-11,18H2,1H3/b22-21+. The Morgan fingerprint density at radius 3 is 2.78 bits per heavy atom. The number of pyridine rings is 1. The van der Waals surface area contributed by atoms with Crippen molar-refractivity contribution in [2.45, 2.75) is 13.2 Å². The molecule has 27 heavy (non-hydrogen) atoms. The number of hydrogen-bond acceptors (Lipinski definition) is 8. The van der Waals surface area contributed by atoms with Gasteiger partial charge < -0.3 is 10.5 Å². The molecule has 1 aromatic carbocycles. The zero-order valence-corrected chi connectivity index (χ0v) is 14.5. The van der Waals surface area contributed by atoms with E-state index in [1.807, 2.05) is 12.1 Å². The van der Waals surface area contributed by atoms with Gasteiger partial charge in [0.25, 0.3) is 5.69 Å². The van der Waals surface area contributed by atoms with Crippen LogP contribution >= 0.6 is 0 Å². The number of nitro groups is 1. The predicted octanol–water partition coefficient (Wildman–Crippen LogP) is 3.38. The lowest BCUT2D eigenvalue weighted by Crippen LogP contribution is -2.05. The molecule has 2 heterocycles. The molecular weight excluding hydrogens is 350 g/mol. The second-order valence-electron chi connectivity index (χ2n) is 5.64. The van der Waals surface area contributed by atoms with Gasteiger partial charge >= 0.3 is 0 Å². The molecule has 0 bridgehead atoms. The summed E-state index contributed by atoms with van der Waals surface area (Å²) in [6, 6.07) is 8.05. The number of rotatable bonds is 7. The molecule has 0 amide bonds. The Kier molecular flexibility index (Phi) is 5.47. The van der Waals surface area contributed by atoms with Crippen molar-refractivity contribution in [3.05, 3.63) is 70.2 Å². The monoisotopic (exact) mass is 367 g/mol. The van der Waals surface area contributed by atoms with Gasteiger partial charge in [-0.3, -0.25) is 15.1 Å². The summed E-state index contributed by atoms with van der Waals surface area (Å²) in [6.07, 6.45) is 4.93. The molecule has 2 N–H and O–H groups in total. The molecule has 138 valence electrons. The third-order valence-electron chi connectivity index (χ3n) is 3.75. The third kappa shape index (κ3) is 4.30. The number of nitro benzene ring substituents is 1. The highest BCUT2D eigenvalue weighted by molar-refractivity contribution is 5.57. The van der Waals surface area contributed by atoms with Gasteiger partial charge in [-0.25, -0.2) is 4.68 Å². The molecule has 3 rings (SSSR count). The molecule has 3 aromatic rings. The van der Waals surface area contributed by atoms with E-state index in [0.29, 0.717) is 29.3 Å². The summed E-state index contributed by atoms with van der Waals surface area (Å²) in [4.78, 5) is 14.5. The zero-order valence-electron chi connectivity index (χ0n) is 14.5. The van der Waals surface area contributed by atoms with Crippen LogP contribution in [0.1, 0.15) is 11.1 Å². The number of hydrogen-bond donors (Lipinski definition) is 1. The number of methoxy groups -OCH3 is 1. The van der Waals surface area contributed by atoms with Crippen LogP contribution in [0.5, 0.6) is 0 Å². The maximum absolute atomic E-state index is 10.9. The van der Waals surface area contributed by atoms with E-state index in [9.17, 15) is 10.1 Å². The largest absolute Gasteiger partial charge is 0.382 e. The molecule has 0 saturated heterocycles. The van der Waals surface area contributed by atoms with Crippen molar-refractivity contribution in [1.29, 1.82) is 0 Å². The number of nitrogens with zero attached hydrogens (tertiary/aromatic N) is 6. The van der Waals surface area contributed by atoms with E-state index >= 15 is 0 Å². The lowest BCUT2D eigenvalue weighted by molar-refractivity contribution is -0.384. The summed E-state index contributed by atoms with van der Waals surface area (Å²) < 4.78 is 6.67. The average Bonchev–Trinajstić information content (AvgIpc) is 3.01. The highest BCUT2D eigenvalue weighted by Crippen LogP contribution is 2.29. The topological polar surface area (TPSA) is 134 Å². The van der Waals surface area contributed by atoms with E-state index in [1.54, 1.807) is 17.1 Å². The molecule has 0 spiro atoms. The van der Waals surface area contributed by atoms with Crippen LogP contribution in [-0.2, 0) is 17.9 Å². The smallest absolute Gasteiger partial charge is 0.269 e. The Labute approximate surface area is 154 Å². The SMILES string of the molecule is COCc1cc([N+](=O)[O-])ccc1/N=N/c1cnn(Cc2cccnc2)c1N. The highest BCUT2D eigenvalue weighted by Gasteiger charge is 2.12. The summed E-state index contributed by atoms with van der Waals surface area (Å²) in [7, 11) is 1.50. The van der Waals surface area contributed by atoms with Crippen LogP contribution in [0.15, 0.2) is 59.2 Å². The van der Waals surface area contributed by atoms with Crippen LogP contribution in [0, 0.1) is 10.1 Å². The molecule has 0 aliphatic rings. The Bertz CT molecular complexity index is 970. The number of benzene rings is 1. The molecular formula is C17H17N7O3. The second kappa shape index (κ2) is 8.15. The summed E-state index contributed by atoms with van der Waals surface area (Å²) in [5.41, 5.74) is 8.42. The van der Waals surface area contributed by atoms with Gasteiger partial charge in [0.1, 0.15) is 11.5 Å². The van der Waals surface area contributed by atoms with Gasteiger partial charge in [-0.2, -0.15) is 5.10 Å².